The molecule has 108 valence electrons. The van der Waals surface area contributed by atoms with E-state index < -0.39 is 16.6 Å². The number of anilines is 1. The minimum absolute atomic E-state index is 0.0635. The van der Waals surface area contributed by atoms with Crippen LogP contribution in [-0.2, 0) is 11.2 Å². The highest BCUT2D eigenvalue weighted by Crippen LogP contribution is 2.20. The lowest BCUT2D eigenvalue weighted by Crippen LogP contribution is -2.15. The molecule has 0 aromatic heterocycles. The molecule has 1 amide bonds. The van der Waals surface area contributed by atoms with E-state index in [0.29, 0.717) is 10.0 Å². The van der Waals surface area contributed by atoms with Crippen LogP contribution in [0.15, 0.2) is 46.9 Å². The fraction of sp³-hybridized carbons (Fsp3) is 0.0714. The molecule has 1 N–H and O–H groups in total. The monoisotopic (exact) mass is 352 g/mol. The number of hydrogen-bond donors (Lipinski definition) is 1. The van der Waals surface area contributed by atoms with E-state index >= 15 is 0 Å². The molecule has 2 aromatic rings. The molecule has 2 aromatic carbocycles. The van der Waals surface area contributed by atoms with E-state index in [1.165, 1.54) is 30.3 Å². The molecule has 0 radical (unpaired) electrons. The normalized spacial score (nSPS) is 10.2. The van der Waals surface area contributed by atoms with Crippen LogP contribution in [0.3, 0.4) is 0 Å². The van der Waals surface area contributed by atoms with Crippen LogP contribution in [0.1, 0.15) is 5.56 Å². The summed E-state index contributed by atoms with van der Waals surface area (Å²) < 4.78 is 14.2. The Morgan fingerprint density at radius 1 is 1.29 bits per heavy atom. The van der Waals surface area contributed by atoms with Crippen molar-refractivity contribution < 1.29 is 14.1 Å². The zero-order valence-corrected chi connectivity index (χ0v) is 12.3. The van der Waals surface area contributed by atoms with E-state index in [0.717, 1.165) is 0 Å². The van der Waals surface area contributed by atoms with Crippen LogP contribution >= 0.6 is 15.9 Å². The predicted molar refractivity (Wildman–Crippen MR) is 79.5 cm³/mol. The Bertz CT molecular complexity index is 706. The molecule has 0 fully saturated rings. The SMILES string of the molecule is O=C(Cc1cccc([N+](=O)[O-])c1)Nc1ccc(Br)cc1F. The van der Waals surface area contributed by atoms with Crippen LogP contribution < -0.4 is 5.32 Å². The molecule has 0 bridgehead atoms. The highest BCUT2D eigenvalue weighted by atomic mass is 79.9. The Morgan fingerprint density at radius 3 is 2.71 bits per heavy atom. The molecule has 0 saturated carbocycles. The van der Waals surface area contributed by atoms with Gasteiger partial charge in [0.25, 0.3) is 5.69 Å². The summed E-state index contributed by atoms with van der Waals surface area (Å²) in [7, 11) is 0. The van der Waals surface area contributed by atoms with Gasteiger partial charge in [0.15, 0.2) is 0 Å². The lowest BCUT2D eigenvalue weighted by Gasteiger charge is -2.07. The van der Waals surface area contributed by atoms with Gasteiger partial charge in [0.1, 0.15) is 5.82 Å². The average molecular weight is 353 g/mol. The average Bonchev–Trinajstić information content (AvgIpc) is 2.42. The van der Waals surface area contributed by atoms with Gasteiger partial charge in [-0.1, -0.05) is 28.1 Å². The van der Waals surface area contributed by atoms with Crippen molar-refractivity contribution in [2.75, 3.05) is 5.32 Å². The fourth-order valence-electron chi connectivity index (χ4n) is 1.75. The number of carbonyl (C=O) groups excluding carboxylic acids is 1. The number of hydrogen-bond acceptors (Lipinski definition) is 3. The topological polar surface area (TPSA) is 72.2 Å². The Hall–Kier alpha value is -2.28. The molecule has 0 atom stereocenters. The second-order valence-corrected chi connectivity index (χ2v) is 5.19. The third-order valence-corrected chi connectivity index (χ3v) is 3.18. The third-order valence-electron chi connectivity index (χ3n) is 2.69. The summed E-state index contributed by atoms with van der Waals surface area (Å²) in [5.74, 6) is -1.01. The van der Waals surface area contributed by atoms with Crippen molar-refractivity contribution in [2.45, 2.75) is 6.42 Å². The number of carbonyl (C=O) groups is 1. The summed E-state index contributed by atoms with van der Waals surface area (Å²) >= 11 is 3.12. The van der Waals surface area contributed by atoms with Crippen molar-refractivity contribution in [1.82, 2.24) is 0 Å². The lowest BCUT2D eigenvalue weighted by molar-refractivity contribution is -0.384. The van der Waals surface area contributed by atoms with Gasteiger partial charge in [-0.3, -0.25) is 14.9 Å². The smallest absolute Gasteiger partial charge is 0.269 e. The molecule has 0 heterocycles. The van der Waals surface area contributed by atoms with E-state index in [2.05, 4.69) is 21.2 Å². The first kappa shape index (κ1) is 15.1. The maximum atomic E-state index is 13.6. The van der Waals surface area contributed by atoms with Crippen LogP contribution in [0.25, 0.3) is 0 Å². The van der Waals surface area contributed by atoms with Crippen molar-refractivity contribution in [1.29, 1.82) is 0 Å². The van der Waals surface area contributed by atoms with E-state index in [4.69, 9.17) is 0 Å². The summed E-state index contributed by atoms with van der Waals surface area (Å²) in [4.78, 5) is 22.0. The van der Waals surface area contributed by atoms with Gasteiger partial charge in [0.2, 0.25) is 5.91 Å². The van der Waals surface area contributed by atoms with Crippen LogP contribution in [0.5, 0.6) is 0 Å². The fourth-order valence-corrected chi connectivity index (χ4v) is 2.08. The summed E-state index contributed by atoms with van der Waals surface area (Å²) in [5.41, 5.74) is 0.461. The second kappa shape index (κ2) is 6.45. The first-order chi connectivity index (χ1) is 9.95. The molecule has 0 aliphatic heterocycles. The minimum Gasteiger partial charge on any atom is -0.323 e. The molecule has 0 saturated heterocycles. The van der Waals surface area contributed by atoms with E-state index in [-0.39, 0.29) is 17.8 Å². The van der Waals surface area contributed by atoms with Crippen molar-refractivity contribution >= 4 is 33.2 Å². The van der Waals surface area contributed by atoms with Crippen LogP contribution in [0.4, 0.5) is 15.8 Å². The summed E-state index contributed by atoms with van der Waals surface area (Å²) in [6, 6.07) is 10.0. The quantitative estimate of drug-likeness (QED) is 0.673. The van der Waals surface area contributed by atoms with Crippen LogP contribution in [-0.4, -0.2) is 10.8 Å². The van der Waals surface area contributed by atoms with Gasteiger partial charge in [0.05, 0.1) is 17.0 Å². The van der Waals surface area contributed by atoms with Crippen LogP contribution in [0, 0.1) is 15.9 Å². The Labute approximate surface area is 128 Å². The van der Waals surface area contributed by atoms with E-state index in [1.807, 2.05) is 0 Å². The van der Waals surface area contributed by atoms with Gasteiger partial charge in [-0.15, -0.1) is 0 Å². The molecule has 0 aliphatic carbocycles. The van der Waals surface area contributed by atoms with Crippen LogP contribution in [0.2, 0.25) is 0 Å². The van der Waals surface area contributed by atoms with Crippen molar-refractivity contribution in [3.63, 3.8) is 0 Å². The van der Waals surface area contributed by atoms with Gasteiger partial charge in [-0.2, -0.15) is 0 Å². The zero-order chi connectivity index (χ0) is 15.4. The molecular formula is C14H10BrFN2O3. The van der Waals surface area contributed by atoms with Gasteiger partial charge in [-0.05, 0) is 23.8 Å². The van der Waals surface area contributed by atoms with Gasteiger partial charge >= 0.3 is 0 Å². The number of nitro groups is 1. The third kappa shape index (κ3) is 4.09. The van der Waals surface area contributed by atoms with Gasteiger partial charge < -0.3 is 5.32 Å². The van der Waals surface area contributed by atoms with Gasteiger partial charge in [-0.25, -0.2) is 4.39 Å². The maximum absolute atomic E-state index is 13.6. The summed E-state index contributed by atoms with van der Waals surface area (Å²) in [6.45, 7) is 0. The minimum atomic E-state index is -0.559. The zero-order valence-electron chi connectivity index (χ0n) is 10.7. The van der Waals surface area contributed by atoms with E-state index in [1.54, 1.807) is 12.1 Å². The molecule has 5 nitrogen and oxygen atoms in total. The lowest BCUT2D eigenvalue weighted by atomic mass is 10.1. The van der Waals surface area contributed by atoms with E-state index in [9.17, 15) is 19.3 Å². The number of non-ortho nitro benzene ring substituents is 1. The molecule has 0 unspecified atom stereocenters. The van der Waals surface area contributed by atoms with Crippen molar-refractivity contribution in [2.24, 2.45) is 0 Å². The first-order valence-corrected chi connectivity index (χ1v) is 6.73. The number of benzene rings is 2. The number of nitrogens with one attached hydrogen (secondary N) is 1. The number of rotatable bonds is 4. The van der Waals surface area contributed by atoms with Crippen molar-refractivity contribution in [3.05, 3.63) is 68.4 Å². The van der Waals surface area contributed by atoms with Gasteiger partial charge in [0, 0.05) is 16.6 Å². The number of halogens is 2. The predicted octanol–water partition coefficient (Wildman–Crippen LogP) is 3.68. The Morgan fingerprint density at radius 2 is 2.05 bits per heavy atom. The number of nitro benzene ring substituents is 1. The number of amides is 1. The molecule has 0 aliphatic rings. The molecule has 0 spiro atoms. The maximum Gasteiger partial charge on any atom is 0.269 e. The summed E-state index contributed by atoms with van der Waals surface area (Å²) in [5, 5.41) is 13.1. The highest BCUT2D eigenvalue weighted by Gasteiger charge is 2.11. The molecule has 7 heteroatoms. The molecular weight excluding hydrogens is 343 g/mol. The Balaban J connectivity index is 2.08. The highest BCUT2D eigenvalue weighted by molar-refractivity contribution is 9.10. The summed E-state index contributed by atoms with van der Waals surface area (Å²) in [6.07, 6.45) is -0.0722. The first-order valence-electron chi connectivity index (χ1n) is 5.94. The largest absolute Gasteiger partial charge is 0.323 e. The number of nitrogens with zero attached hydrogens (tertiary/aromatic N) is 1. The second-order valence-electron chi connectivity index (χ2n) is 4.28. The standard InChI is InChI=1S/C14H10BrFN2O3/c15-10-4-5-13(12(16)8-10)17-14(19)7-9-2-1-3-11(6-9)18(20)21/h1-6,8H,7H2,(H,17,19). The molecule has 21 heavy (non-hydrogen) atoms. The molecule has 2 rings (SSSR count). The Kier molecular flexibility index (Phi) is 4.64. The van der Waals surface area contributed by atoms with Crippen molar-refractivity contribution in [3.8, 4) is 0 Å².